The summed E-state index contributed by atoms with van der Waals surface area (Å²) in [5.74, 6) is 0.170. The van der Waals surface area contributed by atoms with Crippen LogP contribution >= 0.6 is 24.8 Å². The first-order valence-electron chi connectivity index (χ1n) is 9.44. The van der Waals surface area contributed by atoms with Crippen molar-refractivity contribution in [1.29, 1.82) is 0 Å². The first kappa shape index (κ1) is 28.6. The summed E-state index contributed by atoms with van der Waals surface area (Å²) in [7, 11) is 2.81. The Balaban J connectivity index is 0.00000272. The fourth-order valence-electron chi connectivity index (χ4n) is 3.64. The molecule has 0 radical (unpaired) electrons. The van der Waals surface area contributed by atoms with Gasteiger partial charge in [-0.1, -0.05) is 12.1 Å². The van der Waals surface area contributed by atoms with E-state index in [9.17, 15) is 23.3 Å². The molecule has 0 unspecified atom stereocenters. The highest BCUT2D eigenvalue weighted by atomic mass is 35.5. The second-order valence-corrected chi connectivity index (χ2v) is 6.83. The van der Waals surface area contributed by atoms with Gasteiger partial charge in [-0.25, -0.2) is 0 Å². The maximum atomic E-state index is 12.5. The first-order chi connectivity index (χ1) is 14.7. The minimum Gasteiger partial charge on any atom is -0.493 e. The Kier molecular flexibility index (Phi) is 10.5. The van der Waals surface area contributed by atoms with E-state index in [-0.39, 0.29) is 42.0 Å². The van der Waals surface area contributed by atoms with Gasteiger partial charge < -0.3 is 19.5 Å². The van der Waals surface area contributed by atoms with Gasteiger partial charge in [0.2, 0.25) is 0 Å². The van der Waals surface area contributed by atoms with Crippen LogP contribution in [0.5, 0.6) is 17.2 Å². The van der Waals surface area contributed by atoms with Gasteiger partial charge in [-0.05, 0) is 23.8 Å². The summed E-state index contributed by atoms with van der Waals surface area (Å²) in [6.07, 6.45) is -4.80. The molecule has 1 fully saturated rings. The number of piperazine rings is 1. The summed E-state index contributed by atoms with van der Waals surface area (Å²) in [6, 6.07) is 7.62. The lowest BCUT2D eigenvalue weighted by atomic mass is 9.94. The molecule has 13 heteroatoms. The van der Waals surface area contributed by atoms with E-state index in [2.05, 4.69) is 10.1 Å². The van der Waals surface area contributed by atoms with Gasteiger partial charge in [-0.15, -0.1) is 38.0 Å². The summed E-state index contributed by atoms with van der Waals surface area (Å²) in [5.41, 5.74) is 0.776. The Morgan fingerprint density at radius 2 is 1.58 bits per heavy atom. The second-order valence-electron chi connectivity index (χ2n) is 6.83. The van der Waals surface area contributed by atoms with E-state index in [1.54, 1.807) is 6.07 Å². The van der Waals surface area contributed by atoms with Crippen LogP contribution in [0.25, 0.3) is 0 Å². The molecule has 1 atom stereocenters. The molecule has 0 amide bonds. The number of ether oxygens (including phenoxy) is 3. The van der Waals surface area contributed by atoms with Crippen molar-refractivity contribution in [2.45, 2.75) is 12.4 Å². The maximum Gasteiger partial charge on any atom is 0.573 e. The van der Waals surface area contributed by atoms with Crippen LogP contribution in [0.3, 0.4) is 0 Å². The summed E-state index contributed by atoms with van der Waals surface area (Å²) in [4.78, 5) is 13.4. The van der Waals surface area contributed by atoms with E-state index in [1.807, 2.05) is 4.90 Å². The lowest BCUT2D eigenvalue weighted by Crippen LogP contribution is -2.45. The highest BCUT2D eigenvalue weighted by Gasteiger charge is 2.33. The molecular formula is C20H24Cl2F3N3O5. The van der Waals surface area contributed by atoms with Crippen LogP contribution < -0.4 is 19.5 Å². The molecule has 2 aromatic carbocycles. The predicted molar refractivity (Wildman–Crippen MR) is 120 cm³/mol. The second kappa shape index (κ2) is 12.1. The lowest BCUT2D eigenvalue weighted by molar-refractivity contribution is -0.386. The van der Waals surface area contributed by atoms with E-state index in [0.717, 1.165) is 0 Å². The molecule has 1 N–H and O–H groups in total. The summed E-state index contributed by atoms with van der Waals surface area (Å²) in [6.45, 7) is 2.54. The monoisotopic (exact) mass is 513 g/mol. The molecule has 1 heterocycles. The molecule has 2 aromatic rings. The number of halogens is 5. The fraction of sp³-hybridized carbons (Fsp3) is 0.400. The number of alkyl halides is 3. The maximum absolute atomic E-state index is 12.5. The molecule has 1 aliphatic heterocycles. The standard InChI is InChI=1S/C20H22F3N3O5.2ClH/c1-29-17-11-15(16(26(27)28)12-18(17)30-2)19(25-9-7-24-8-10-25)13-3-5-14(6-4-13)31-20(21,22)23;;/h3-6,11-12,19,24H,7-10H2,1-2H3;2*1H/t19-;;/m0../s1. The molecule has 1 saturated heterocycles. The Morgan fingerprint density at radius 1 is 1.03 bits per heavy atom. The van der Waals surface area contributed by atoms with Crippen LogP contribution in [0.2, 0.25) is 0 Å². The zero-order valence-corrected chi connectivity index (χ0v) is 19.4. The fourth-order valence-corrected chi connectivity index (χ4v) is 3.64. The van der Waals surface area contributed by atoms with Crippen LogP contribution in [-0.2, 0) is 0 Å². The van der Waals surface area contributed by atoms with E-state index >= 15 is 0 Å². The van der Waals surface area contributed by atoms with Crippen molar-refractivity contribution in [2.75, 3.05) is 40.4 Å². The summed E-state index contributed by atoms with van der Waals surface area (Å²) in [5, 5.41) is 15.1. The molecule has 33 heavy (non-hydrogen) atoms. The van der Waals surface area contributed by atoms with Gasteiger partial charge in [-0.3, -0.25) is 15.0 Å². The smallest absolute Gasteiger partial charge is 0.493 e. The average Bonchev–Trinajstić information content (AvgIpc) is 2.74. The minimum atomic E-state index is -4.80. The third kappa shape index (κ3) is 7.00. The third-order valence-electron chi connectivity index (χ3n) is 4.97. The zero-order valence-electron chi connectivity index (χ0n) is 17.8. The van der Waals surface area contributed by atoms with Gasteiger partial charge in [0, 0.05) is 26.2 Å². The van der Waals surface area contributed by atoms with Crippen molar-refractivity contribution < 1.29 is 32.3 Å². The number of benzene rings is 2. The summed E-state index contributed by atoms with van der Waals surface area (Å²) >= 11 is 0. The zero-order chi connectivity index (χ0) is 22.6. The quantitative estimate of drug-likeness (QED) is 0.435. The van der Waals surface area contributed by atoms with Gasteiger partial charge in [-0.2, -0.15) is 0 Å². The summed E-state index contributed by atoms with van der Waals surface area (Å²) < 4.78 is 52.0. The van der Waals surface area contributed by atoms with Crippen LogP contribution in [0.1, 0.15) is 17.2 Å². The van der Waals surface area contributed by atoms with Gasteiger partial charge in [0.1, 0.15) is 5.75 Å². The molecule has 0 spiro atoms. The molecule has 1 aliphatic rings. The number of rotatable bonds is 7. The Bertz CT molecular complexity index is 926. The van der Waals surface area contributed by atoms with Crippen LogP contribution in [0, 0.1) is 10.1 Å². The largest absolute Gasteiger partial charge is 0.573 e. The molecule has 184 valence electrons. The SMILES string of the molecule is COc1cc([C@H](c2ccc(OC(F)(F)F)cc2)N2CCNCC2)c([N+](=O)[O-])cc1OC.Cl.Cl. The molecule has 0 saturated carbocycles. The molecule has 3 rings (SSSR count). The van der Waals surface area contributed by atoms with E-state index < -0.39 is 17.3 Å². The van der Waals surface area contributed by atoms with Crippen LogP contribution in [-0.4, -0.2) is 56.6 Å². The topological polar surface area (TPSA) is 86.1 Å². The van der Waals surface area contributed by atoms with Crippen molar-refractivity contribution >= 4 is 30.5 Å². The molecule has 0 aromatic heterocycles. The predicted octanol–water partition coefficient (Wildman–Crippen LogP) is 4.35. The number of nitro groups is 1. The van der Waals surface area contributed by atoms with Gasteiger partial charge >= 0.3 is 6.36 Å². The van der Waals surface area contributed by atoms with E-state index in [1.165, 1.54) is 44.6 Å². The van der Waals surface area contributed by atoms with Crippen LogP contribution in [0.15, 0.2) is 36.4 Å². The van der Waals surface area contributed by atoms with Gasteiger partial charge in [0.05, 0.1) is 36.8 Å². The first-order valence-corrected chi connectivity index (χ1v) is 9.44. The molecule has 0 aliphatic carbocycles. The number of nitrogens with zero attached hydrogens (tertiary/aromatic N) is 2. The van der Waals surface area contributed by atoms with E-state index in [0.29, 0.717) is 43.1 Å². The van der Waals surface area contributed by atoms with Crippen molar-refractivity contribution in [3.8, 4) is 17.2 Å². The number of hydrogen-bond donors (Lipinski definition) is 1. The van der Waals surface area contributed by atoms with Crippen LogP contribution in [0.4, 0.5) is 18.9 Å². The molecule has 0 bridgehead atoms. The minimum absolute atomic E-state index is 0. The normalized spacial score (nSPS) is 14.9. The van der Waals surface area contributed by atoms with Crippen molar-refractivity contribution in [2.24, 2.45) is 0 Å². The van der Waals surface area contributed by atoms with Gasteiger partial charge in [0.25, 0.3) is 5.69 Å². The Morgan fingerprint density at radius 3 is 2.06 bits per heavy atom. The highest BCUT2D eigenvalue weighted by molar-refractivity contribution is 5.85. The van der Waals surface area contributed by atoms with E-state index in [4.69, 9.17) is 9.47 Å². The lowest BCUT2D eigenvalue weighted by Gasteiger charge is -2.35. The third-order valence-corrected chi connectivity index (χ3v) is 4.97. The van der Waals surface area contributed by atoms with Crippen molar-refractivity contribution in [3.63, 3.8) is 0 Å². The number of hydrogen-bond acceptors (Lipinski definition) is 7. The molecular weight excluding hydrogens is 490 g/mol. The average molecular weight is 514 g/mol. The number of methoxy groups -OCH3 is 2. The number of nitrogens with one attached hydrogen (secondary N) is 1. The molecule has 8 nitrogen and oxygen atoms in total. The Hall–Kier alpha value is -2.47. The number of nitro benzene ring substituents is 1. The Labute approximate surface area is 201 Å². The van der Waals surface area contributed by atoms with Crippen molar-refractivity contribution in [1.82, 2.24) is 10.2 Å². The van der Waals surface area contributed by atoms with Crippen molar-refractivity contribution in [3.05, 3.63) is 57.6 Å². The highest BCUT2D eigenvalue weighted by Crippen LogP contribution is 2.42. The van der Waals surface area contributed by atoms with Gasteiger partial charge in [0.15, 0.2) is 11.5 Å².